The molecule has 0 saturated carbocycles. The van der Waals surface area contributed by atoms with Crippen LogP contribution in [-0.4, -0.2) is 0 Å². The van der Waals surface area contributed by atoms with Crippen LogP contribution in [0.25, 0.3) is 131 Å². The van der Waals surface area contributed by atoms with Gasteiger partial charge in [0.15, 0.2) is 0 Å². The summed E-state index contributed by atoms with van der Waals surface area (Å²) in [7, 11) is 0. The Kier molecular flexibility index (Phi) is 7.71. The van der Waals surface area contributed by atoms with Crippen molar-refractivity contribution in [1.82, 2.24) is 0 Å². The van der Waals surface area contributed by atoms with Crippen LogP contribution in [0.2, 0.25) is 0 Å². The zero-order chi connectivity index (χ0) is 40.7. The summed E-state index contributed by atoms with van der Waals surface area (Å²) in [6.45, 7) is 0. The predicted molar refractivity (Wildman–Crippen MR) is 266 cm³/mol. The van der Waals surface area contributed by atoms with Crippen molar-refractivity contribution in [2.24, 2.45) is 0 Å². The molecular formula is C62H38. The summed E-state index contributed by atoms with van der Waals surface area (Å²) in [5.41, 5.74) is 14.6. The molecule has 0 saturated heterocycles. The highest BCUT2D eigenvalue weighted by molar-refractivity contribution is 6.26. The maximum atomic E-state index is 2.42. The lowest BCUT2D eigenvalue weighted by molar-refractivity contribution is 1.55. The molecule has 0 heterocycles. The molecule has 0 aliphatic rings. The first-order valence-electron chi connectivity index (χ1n) is 21.6. The van der Waals surface area contributed by atoms with Crippen LogP contribution in [0.3, 0.4) is 0 Å². The lowest BCUT2D eigenvalue weighted by Gasteiger charge is -2.18. The topological polar surface area (TPSA) is 0 Å². The van der Waals surface area contributed by atoms with Crippen molar-refractivity contribution < 1.29 is 0 Å². The third-order valence-corrected chi connectivity index (χ3v) is 13.4. The van der Waals surface area contributed by atoms with E-state index in [1.807, 2.05) is 0 Å². The van der Waals surface area contributed by atoms with Crippen LogP contribution < -0.4 is 0 Å². The molecule has 0 heteroatoms. The van der Waals surface area contributed by atoms with Crippen molar-refractivity contribution in [2.75, 3.05) is 0 Å². The maximum absolute atomic E-state index is 2.42. The largest absolute Gasteiger partial charge is 0.0622 e. The Balaban J connectivity index is 0.982. The van der Waals surface area contributed by atoms with Crippen molar-refractivity contribution in [2.45, 2.75) is 0 Å². The zero-order valence-corrected chi connectivity index (χ0v) is 33.9. The number of hydrogen-bond acceptors (Lipinski definition) is 0. The highest BCUT2D eigenvalue weighted by Gasteiger charge is 2.18. The Bertz CT molecular complexity index is 3820. The second-order valence-electron chi connectivity index (χ2n) is 16.8. The van der Waals surface area contributed by atoms with Gasteiger partial charge in [-0.05, 0) is 150 Å². The van der Waals surface area contributed by atoms with Crippen molar-refractivity contribution in [3.05, 3.63) is 231 Å². The highest BCUT2D eigenvalue weighted by Crippen LogP contribution is 2.45. The van der Waals surface area contributed by atoms with Crippen molar-refractivity contribution in [1.29, 1.82) is 0 Å². The third kappa shape index (κ3) is 5.40. The lowest BCUT2D eigenvalue weighted by atomic mass is 9.85. The van der Waals surface area contributed by atoms with Crippen LogP contribution >= 0.6 is 0 Å². The summed E-state index contributed by atoms with van der Waals surface area (Å²) in [6, 6.07) is 85.7. The number of benzene rings is 13. The van der Waals surface area contributed by atoms with E-state index in [4.69, 9.17) is 0 Å². The fourth-order valence-electron chi connectivity index (χ4n) is 10.5. The van der Waals surface area contributed by atoms with Crippen LogP contribution in [0, 0.1) is 0 Å². The van der Waals surface area contributed by atoms with Gasteiger partial charge >= 0.3 is 0 Å². The summed E-state index contributed by atoms with van der Waals surface area (Å²) < 4.78 is 0. The number of hydrogen-bond donors (Lipinski definition) is 0. The quantitative estimate of drug-likeness (QED) is 0.147. The van der Waals surface area contributed by atoms with Gasteiger partial charge in [-0.1, -0.05) is 212 Å². The van der Waals surface area contributed by atoms with Gasteiger partial charge < -0.3 is 0 Å². The van der Waals surface area contributed by atoms with Crippen molar-refractivity contribution in [3.8, 4) is 66.8 Å². The van der Waals surface area contributed by atoms with Crippen molar-refractivity contribution >= 4 is 64.6 Å². The van der Waals surface area contributed by atoms with E-state index in [0.29, 0.717) is 0 Å². The summed E-state index contributed by atoms with van der Waals surface area (Å²) in [6.07, 6.45) is 0. The SMILES string of the molecule is c1ccc(-c2ccccc2-c2cc(-c3cccc(-c4ccc5ccc6cccc7ccc4c5c67)c3)ccc2-c2cccc(-c3ccc4ccc5cccc6ccc3c4c56)c2)cc1. The van der Waals surface area contributed by atoms with E-state index in [-0.39, 0.29) is 0 Å². The Morgan fingerprint density at radius 1 is 0.161 bits per heavy atom. The first-order valence-corrected chi connectivity index (χ1v) is 21.6. The average Bonchev–Trinajstić information content (AvgIpc) is 3.35. The van der Waals surface area contributed by atoms with Gasteiger partial charge in [-0.3, -0.25) is 0 Å². The first-order chi connectivity index (χ1) is 30.7. The second kappa shape index (κ2) is 13.7. The molecule has 13 aromatic rings. The van der Waals surface area contributed by atoms with Gasteiger partial charge in [-0.25, -0.2) is 0 Å². The minimum absolute atomic E-state index is 1.19. The molecule has 286 valence electrons. The molecule has 13 rings (SSSR count). The van der Waals surface area contributed by atoms with Crippen LogP contribution in [-0.2, 0) is 0 Å². The maximum Gasteiger partial charge on any atom is -0.00206 e. The molecule has 0 atom stereocenters. The third-order valence-electron chi connectivity index (χ3n) is 13.4. The summed E-state index contributed by atoms with van der Waals surface area (Å²) in [4.78, 5) is 0. The standard InChI is InChI=1S/C62H38/c1-2-10-39(11-3-1)51-20-4-5-21-55(51)58-38-47(46-16-8-17-48(36-46)52-31-26-44-24-22-40-12-6-14-42-28-34-56(52)61(44)59(40)42)30-33-54(58)50-19-9-18-49(37-50)53-32-27-45-25-23-41-13-7-15-43-29-35-57(53)62(45)60(41)43/h1-38H. The first kappa shape index (κ1) is 34.8. The molecule has 0 N–H and O–H groups in total. The molecule has 0 aromatic heterocycles. The van der Waals surface area contributed by atoms with Gasteiger partial charge in [0.25, 0.3) is 0 Å². The minimum atomic E-state index is 1.19. The van der Waals surface area contributed by atoms with E-state index in [0.717, 1.165) is 0 Å². The molecule has 13 aromatic carbocycles. The molecule has 0 nitrogen and oxygen atoms in total. The Morgan fingerprint density at radius 2 is 0.532 bits per heavy atom. The van der Waals surface area contributed by atoms with E-state index >= 15 is 0 Å². The van der Waals surface area contributed by atoms with Gasteiger partial charge in [0.2, 0.25) is 0 Å². The molecule has 0 aliphatic heterocycles. The van der Waals surface area contributed by atoms with Crippen LogP contribution in [0.1, 0.15) is 0 Å². The lowest BCUT2D eigenvalue weighted by Crippen LogP contribution is -1.92. The summed E-state index contributed by atoms with van der Waals surface area (Å²) >= 11 is 0. The Morgan fingerprint density at radius 3 is 1.11 bits per heavy atom. The zero-order valence-electron chi connectivity index (χ0n) is 33.9. The van der Waals surface area contributed by atoms with Crippen molar-refractivity contribution in [3.63, 3.8) is 0 Å². The van der Waals surface area contributed by atoms with Gasteiger partial charge in [-0.15, -0.1) is 0 Å². The van der Waals surface area contributed by atoms with E-state index in [1.165, 1.54) is 131 Å². The van der Waals surface area contributed by atoms with E-state index in [9.17, 15) is 0 Å². The molecule has 0 fully saturated rings. The minimum Gasteiger partial charge on any atom is -0.0622 e. The van der Waals surface area contributed by atoms with Crippen LogP contribution in [0.4, 0.5) is 0 Å². The molecular weight excluding hydrogens is 745 g/mol. The van der Waals surface area contributed by atoms with Gasteiger partial charge in [0.05, 0.1) is 0 Å². The van der Waals surface area contributed by atoms with E-state index in [2.05, 4.69) is 231 Å². The number of rotatable bonds is 6. The monoisotopic (exact) mass is 782 g/mol. The average molecular weight is 783 g/mol. The van der Waals surface area contributed by atoms with Crippen LogP contribution in [0.5, 0.6) is 0 Å². The molecule has 62 heavy (non-hydrogen) atoms. The molecule has 0 spiro atoms. The fourth-order valence-corrected chi connectivity index (χ4v) is 10.5. The molecule has 0 aliphatic carbocycles. The highest BCUT2D eigenvalue weighted by atomic mass is 14.2. The molecule has 0 amide bonds. The molecule has 0 unspecified atom stereocenters. The molecule has 0 radical (unpaired) electrons. The summed E-state index contributed by atoms with van der Waals surface area (Å²) in [5, 5.41) is 15.7. The van der Waals surface area contributed by atoms with Gasteiger partial charge in [0.1, 0.15) is 0 Å². The van der Waals surface area contributed by atoms with Gasteiger partial charge in [-0.2, -0.15) is 0 Å². The van der Waals surface area contributed by atoms with Crippen LogP contribution in [0.15, 0.2) is 231 Å². The summed E-state index contributed by atoms with van der Waals surface area (Å²) in [5.74, 6) is 0. The van der Waals surface area contributed by atoms with Gasteiger partial charge in [0, 0.05) is 0 Å². The second-order valence-corrected chi connectivity index (χ2v) is 16.8. The fraction of sp³-hybridized carbons (Fsp3) is 0. The Labute approximate surface area is 360 Å². The van der Waals surface area contributed by atoms with E-state index < -0.39 is 0 Å². The smallest absolute Gasteiger partial charge is 0.00206 e. The normalized spacial score (nSPS) is 11.9. The van der Waals surface area contributed by atoms with E-state index in [1.54, 1.807) is 0 Å². The molecule has 0 bridgehead atoms. The predicted octanol–water partition coefficient (Wildman–Crippen LogP) is 17.5. The Hall–Kier alpha value is -8.06.